The molecule has 0 atom stereocenters. The maximum atomic E-state index is 10.4. The predicted octanol–water partition coefficient (Wildman–Crippen LogP) is -2.08. The Bertz CT molecular complexity index is 166. The molecule has 0 spiro atoms. The first-order valence-electron chi connectivity index (χ1n) is 2.86. The molecular weight excluding hydrogens is 213 g/mol. The van der Waals surface area contributed by atoms with E-state index in [-0.39, 0.29) is 35.2 Å². The zero-order chi connectivity index (χ0) is 10.4. The quantitative estimate of drug-likeness (QED) is 0.303. The number of carbonyl (C=O) groups excluding carboxylic acids is 1. The van der Waals surface area contributed by atoms with E-state index in [0.29, 0.717) is 0 Å². The van der Waals surface area contributed by atoms with Gasteiger partial charge in [0.1, 0.15) is 0 Å². The van der Waals surface area contributed by atoms with Gasteiger partial charge in [0.15, 0.2) is 0 Å². The second kappa shape index (κ2) is 7.91. The molecule has 74 valence electrons. The Morgan fingerprint density at radius 1 is 1.38 bits per heavy atom. The largest absolute Gasteiger partial charge is 1.00 e. The van der Waals surface area contributed by atoms with Crippen molar-refractivity contribution >= 4 is 14.4 Å². The van der Waals surface area contributed by atoms with E-state index in [1.807, 2.05) is 0 Å². The zero-order valence-corrected chi connectivity index (χ0v) is 10.8. The standard InChI is InChI=1S/C5H9O2.FH2O3P.Na/c1-5(2,3)7-4-6;1-5(2,3)4;/h1-3H3;(H2,2,3,4);/q-1;;+1. The molecule has 0 saturated carbocycles. The van der Waals surface area contributed by atoms with Gasteiger partial charge in [-0.3, -0.25) is 9.79 Å². The van der Waals surface area contributed by atoms with Crippen molar-refractivity contribution in [2.45, 2.75) is 26.4 Å². The summed E-state index contributed by atoms with van der Waals surface area (Å²) in [5.74, 6) is 0. The Morgan fingerprint density at radius 3 is 1.62 bits per heavy atom. The van der Waals surface area contributed by atoms with Gasteiger partial charge in [-0.2, -0.15) is 0 Å². The van der Waals surface area contributed by atoms with Gasteiger partial charge in [-0.15, -0.1) is 4.20 Å². The molecule has 0 heterocycles. The molecule has 5 nitrogen and oxygen atoms in total. The summed E-state index contributed by atoms with van der Waals surface area (Å²) in [4.78, 5) is 23.4. The molecule has 0 aliphatic heterocycles. The van der Waals surface area contributed by atoms with Crippen LogP contribution in [-0.4, -0.2) is 21.9 Å². The number of ether oxygens (including phenoxy) is 1. The minimum absolute atomic E-state index is 0. The predicted molar refractivity (Wildman–Crippen MR) is 39.7 cm³/mol. The van der Waals surface area contributed by atoms with E-state index in [1.165, 1.54) is 6.47 Å². The Kier molecular flexibility index (Phi) is 11.7. The molecule has 0 aromatic rings. The van der Waals surface area contributed by atoms with Crippen molar-refractivity contribution in [3.63, 3.8) is 0 Å². The van der Waals surface area contributed by atoms with Crippen LogP contribution in [-0.2, 0) is 14.1 Å². The fraction of sp³-hybridized carbons (Fsp3) is 0.800. The number of halogens is 1. The van der Waals surface area contributed by atoms with Gasteiger partial charge in [-0.25, -0.2) is 4.57 Å². The molecule has 0 aliphatic carbocycles. The first-order chi connectivity index (χ1) is 5.06. The van der Waals surface area contributed by atoms with Crippen LogP contribution in [0.2, 0.25) is 0 Å². The second-order valence-corrected chi connectivity index (χ2v) is 3.72. The first-order valence-corrected chi connectivity index (χ1v) is 4.37. The van der Waals surface area contributed by atoms with Crippen LogP contribution in [0.1, 0.15) is 20.8 Å². The normalized spacial score (nSPS) is 10.3. The van der Waals surface area contributed by atoms with Crippen molar-refractivity contribution in [2.24, 2.45) is 0 Å². The van der Waals surface area contributed by atoms with E-state index in [0.717, 1.165) is 0 Å². The summed E-state index contributed by atoms with van der Waals surface area (Å²) in [6.45, 7) is 6.73. The van der Waals surface area contributed by atoms with Crippen LogP contribution in [0.15, 0.2) is 0 Å². The summed E-state index contributed by atoms with van der Waals surface area (Å²) in [6.07, 6.45) is 0. The third-order valence-electron chi connectivity index (χ3n) is 0.348. The van der Waals surface area contributed by atoms with E-state index in [4.69, 9.17) is 14.4 Å². The van der Waals surface area contributed by atoms with E-state index >= 15 is 0 Å². The molecule has 0 rings (SSSR count). The molecule has 2 N–H and O–H groups in total. The molecule has 0 bridgehead atoms. The summed E-state index contributed by atoms with van der Waals surface area (Å²) in [6, 6.07) is 0. The first kappa shape index (κ1) is 19.2. The van der Waals surface area contributed by atoms with Crippen LogP contribution < -0.4 is 29.6 Å². The van der Waals surface area contributed by atoms with Crippen molar-refractivity contribution in [1.29, 1.82) is 0 Å². The van der Waals surface area contributed by atoms with Gasteiger partial charge in [-0.05, 0) is 20.8 Å². The minimum atomic E-state index is -5.14. The average Bonchev–Trinajstić information content (AvgIpc) is 1.54. The maximum absolute atomic E-state index is 10.4. The van der Waals surface area contributed by atoms with Crippen molar-refractivity contribution < 1.29 is 57.6 Å². The molecule has 0 radical (unpaired) electrons. The van der Waals surface area contributed by atoms with Gasteiger partial charge in [-0.1, -0.05) is 6.47 Å². The van der Waals surface area contributed by atoms with Crippen LogP contribution >= 0.6 is 7.91 Å². The summed E-state index contributed by atoms with van der Waals surface area (Å²) < 4.78 is 23.4. The summed E-state index contributed by atoms with van der Waals surface area (Å²) >= 11 is 0. The molecule has 0 aliphatic rings. The van der Waals surface area contributed by atoms with Gasteiger partial charge in [0, 0.05) is 0 Å². The van der Waals surface area contributed by atoms with Crippen molar-refractivity contribution in [1.82, 2.24) is 0 Å². The van der Waals surface area contributed by atoms with Crippen LogP contribution in [0, 0.1) is 0 Å². The summed E-state index contributed by atoms with van der Waals surface area (Å²) in [7, 11) is -5.14. The molecule has 0 saturated heterocycles. The summed E-state index contributed by atoms with van der Waals surface area (Å²) in [5, 5.41) is 0. The SMILES string of the molecule is CC(C)(C)O[C-]=O.O=P(O)(O)F.[Na+]. The average molecular weight is 224 g/mol. The maximum Gasteiger partial charge on any atom is 1.00 e. The Hall–Kier alpha value is 0.550. The fourth-order valence-electron chi connectivity index (χ4n) is 0.125. The molecule has 0 aromatic heterocycles. The van der Waals surface area contributed by atoms with Crippen LogP contribution in [0.25, 0.3) is 0 Å². The van der Waals surface area contributed by atoms with Crippen LogP contribution in [0.4, 0.5) is 4.20 Å². The van der Waals surface area contributed by atoms with Gasteiger partial charge < -0.3 is 9.53 Å². The van der Waals surface area contributed by atoms with Crippen molar-refractivity contribution in [2.75, 3.05) is 0 Å². The Morgan fingerprint density at radius 2 is 1.62 bits per heavy atom. The van der Waals surface area contributed by atoms with Gasteiger partial charge in [0.2, 0.25) is 0 Å². The van der Waals surface area contributed by atoms with E-state index in [1.54, 1.807) is 20.8 Å². The molecule has 0 aromatic carbocycles. The molecule has 0 amide bonds. The number of hydrogen-bond acceptors (Lipinski definition) is 3. The summed E-state index contributed by atoms with van der Waals surface area (Å²) in [5.41, 5.74) is -0.373. The second-order valence-electron chi connectivity index (χ2n) is 2.77. The smallest absolute Gasteiger partial charge is 0.649 e. The fourth-order valence-corrected chi connectivity index (χ4v) is 0.125. The van der Waals surface area contributed by atoms with Crippen molar-refractivity contribution in [3.05, 3.63) is 0 Å². The number of rotatable bonds is 1. The third kappa shape index (κ3) is 67.5. The Labute approximate surface area is 98.2 Å². The topological polar surface area (TPSA) is 83.8 Å². The van der Waals surface area contributed by atoms with E-state index in [9.17, 15) is 8.99 Å². The monoisotopic (exact) mass is 224 g/mol. The number of hydrogen-bond donors (Lipinski definition) is 2. The van der Waals surface area contributed by atoms with E-state index in [2.05, 4.69) is 4.74 Å². The Balaban J connectivity index is -0.000000150. The van der Waals surface area contributed by atoms with Gasteiger partial charge >= 0.3 is 37.5 Å². The van der Waals surface area contributed by atoms with Gasteiger partial charge in [0.05, 0.1) is 5.60 Å². The molecule has 8 heteroatoms. The van der Waals surface area contributed by atoms with E-state index < -0.39 is 7.91 Å². The van der Waals surface area contributed by atoms with Crippen LogP contribution in [0.5, 0.6) is 0 Å². The zero-order valence-electron chi connectivity index (χ0n) is 7.94. The molecule has 0 unspecified atom stereocenters. The molecular formula is C5H11FNaO5P. The molecule has 13 heavy (non-hydrogen) atoms. The molecule has 0 fully saturated rings. The minimum Gasteiger partial charge on any atom is -0.649 e. The van der Waals surface area contributed by atoms with Gasteiger partial charge in [0.25, 0.3) is 0 Å². The van der Waals surface area contributed by atoms with Crippen molar-refractivity contribution in [3.8, 4) is 0 Å². The van der Waals surface area contributed by atoms with Crippen LogP contribution in [0.3, 0.4) is 0 Å². The third-order valence-corrected chi connectivity index (χ3v) is 0.348.